The lowest BCUT2D eigenvalue weighted by Gasteiger charge is -1.98. The highest BCUT2D eigenvalue weighted by atomic mass is 28.3. The Kier molecular flexibility index (Phi) is 5.07. The van der Waals surface area contributed by atoms with Gasteiger partial charge in [-0.05, 0) is 0 Å². The molecule has 0 aliphatic rings. The summed E-state index contributed by atoms with van der Waals surface area (Å²) in [6, 6.07) is 1.41. The molecule has 0 aliphatic heterocycles. The molecule has 8 heavy (non-hydrogen) atoms. The quantitative estimate of drug-likeness (QED) is 0.509. The maximum Gasteiger partial charge on any atom is 0.0717 e. The molecule has 0 aliphatic carbocycles. The summed E-state index contributed by atoms with van der Waals surface area (Å²) in [6.45, 7) is 8.31. The molecular weight excluding hydrogens is 112 g/mol. The SMILES string of the molecule is C=C[Si](C)CCCC. The van der Waals surface area contributed by atoms with E-state index in [1.807, 2.05) is 0 Å². The van der Waals surface area contributed by atoms with Crippen molar-refractivity contribution in [2.24, 2.45) is 0 Å². The van der Waals surface area contributed by atoms with Crippen LogP contribution >= 0.6 is 0 Å². The van der Waals surface area contributed by atoms with Gasteiger partial charge in [-0.3, -0.25) is 0 Å². The van der Waals surface area contributed by atoms with Crippen molar-refractivity contribution >= 4 is 8.80 Å². The van der Waals surface area contributed by atoms with Gasteiger partial charge < -0.3 is 0 Å². The van der Waals surface area contributed by atoms with Crippen LogP contribution in [0.4, 0.5) is 0 Å². The van der Waals surface area contributed by atoms with Crippen LogP contribution in [-0.4, -0.2) is 8.80 Å². The van der Waals surface area contributed by atoms with E-state index in [0.717, 1.165) is 0 Å². The van der Waals surface area contributed by atoms with Crippen LogP contribution in [-0.2, 0) is 0 Å². The van der Waals surface area contributed by atoms with Crippen LogP contribution in [0.15, 0.2) is 12.3 Å². The van der Waals surface area contributed by atoms with Gasteiger partial charge in [0, 0.05) is 0 Å². The lowest BCUT2D eigenvalue weighted by atomic mass is 10.4. The van der Waals surface area contributed by atoms with Crippen LogP contribution < -0.4 is 0 Å². The van der Waals surface area contributed by atoms with Gasteiger partial charge in [0.2, 0.25) is 0 Å². The third kappa shape index (κ3) is 4.12. The largest absolute Gasteiger partial charge is 0.107 e. The van der Waals surface area contributed by atoms with Crippen LogP contribution in [0.3, 0.4) is 0 Å². The smallest absolute Gasteiger partial charge is 0.0717 e. The Morgan fingerprint density at radius 1 is 1.62 bits per heavy atom. The van der Waals surface area contributed by atoms with E-state index >= 15 is 0 Å². The zero-order valence-corrected chi connectivity index (χ0v) is 6.91. The minimum atomic E-state index is -0.128. The zero-order valence-electron chi connectivity index (χ0n) is 5.91. The first kappa shape index (κ1) is 7.96. The van der Waals surface area contributed by atoms with Gasteiger partial charge in [-0.1, -0.05) is 32.4 Å². The molecule has 0 saturated carbocycles. The Morgan fingerprint density at radius 2 is 2.25 bits per heavy atom. The summed E-state index contributed by atoms with van der Waals surface area (Å²) in [5, 5.41) is 0. The maximum absolute atomic E-state index is 3.76. The minimum absolute atomic E-state index is 0.128. The second kappa shape index (κ2) is 5.10. The molecule has 47 valence electrons. The van der Waals surface area contributed by atoms with E-state index < -0.39 is 0 Å². The third-order valence-corrected chi connectivity index (χ3v) is 3.11. The van der Waals surface area contributed by atoms with Crippen LogP contribution in [0.5, 0.6) is 0 Å². The van der Waals surface area contributed by atoms with Gasteiger partial charge in [-0.15, -0.1) is 12.3 Å². The summed E-state index contributed by atoms with van der Waals surface area (Å²) >= 11 is 0. The Bertz CT molecular complexity index is 59.4. The molecule has 0 amide bonds. The molecule has 0 rings (SSSR count). The number of rotatable bonds is 4. The van der Waals surface area contributed by atoms with E-state index in [9.17, 15) is 0 Å². The standard InChI is InChI=1S/C7H15Si/c1-4-6-7-8(3)5-2/h5H,2,4,6-7H2,1,3H3. The Hall–Kier alpha value is -0.0431. The van der Waals surface area contributed by atoms with Gasteiger partial charge in [-0.2, -0.15) is 0 Å². The molecule has 0 atom stereocenters. The fraction of sp³-hybridized carbons (Fsp3) is 0.714. The van der Waals surface area contributed by atoms with E-state index in [-0.39, 0.29) is 8.80 Å². The zero-order chi connectivity index (χ0) is 6.41. The average Bonchev–Trinajstić information content (AvgIpc) is 1.83. The molecule has 0 unspecified atom stereocenters. The Morgan fingerprint density at radius 3 is 2.62 bits per heavy atom. The number of unbranched alkanes of at least 4 members (excludes halogenated alkanes) is 1. The summed E-state index contributed by atoms with van der Waals surface area (Å²) in [6.07, 6.45) is 2.71. The van der Waals surface area contributed by atoms with Crippen molar-refractivity contribution < 1.29 is 0 Å². The van der Waals surface area contributed by atoms with E-state index in [2.05, 4.69) is 25.7 Å². The first-order valence-electron chi connectivity index (χ1n) is 3.26. The number of hydrogen-bond acceptors (Lipinski definition) is 0. The van der Waals surface area contributed by atoms with Crippen LogP contribution in [0, 0.1) is 0 Å². The molecular formula is C7H15Si. The topological polar surface area (TPSA) is 0 Å². The van der Waals surface area contributed by atoms with Gasteiger partial charge in [0.1, 0.15) is 0 Å². The van der Waals surface area contributed by atoms with E-state index in [4.69, 9.17) is 0 Å². The molecule has 0 nitrogen and oxygen atoms in total. The lowest BCUT2D eigenvalue weighted by molar-refractivity contribution is 0.876. The minimum Gasteiger partial charge on any atom is -0.107 e. The normalized spacial score (nSPS) is 9.88. The molecule has 0 bridgehead atoms. The molecule has 1 heteroatoms. The van der Waals surface area contributed by atoms with Crippen molar-refractivity contribution in [1.29, 1.82) is 0 Å². The van der Waals surface area contributed by atoms with E-state index in [0.29, 0.717) is 0 Å². The molecule has 0 heterocycles. The summed E-state index contributed by atoms with van der Waals surface area (Å²) < 4.78 is 0. The van der Waals surface area contributed by atoms with Crippen LogP contribution in [0.25, 0.3) is 0 Å². The Labute approximate surface area is 54.2 Å². The predicted molar refractivity (Wildman–Crippen MR) is 41.5 cm³/mol. The molecule has 0 saturated heterocycles. The van der Waals surface area contributed by atoms with Crippen molar-refractivity contribution in [2.75, 3.05) is 0 Å². The summed E-state index contributed by atoms with van der Waals surface area (Å²) in [4.78, 5) is 0. The van der Waals surface area contributed by atoms with Crippen molar-refractivity contribution in [3.8, 4) is 0 Å². The molecule has 0 N–H and O–H groups in total. The average molecular weight is 127 g/mol. The molecule has 1 radical (unpaired) electrons. The second-order valence-electron chi connectivity index (χ2n) is 2.15. The lowest BCUT2D eigenvalue weighted by Crippen LogP contribution is -1.99. The van der Waals surface area contributed by atoms with Crippen molar-refractivity contribution in [3.63, 3.8) is 0 Å². The van der Waals surface area contributed by atoms with Gasteiger partial charge in [0.15, 0.2) is 0 Å². The molecule has 0 aromatic heterocycles. The molecule has 0 fully saturated rings. The van der Waals surface area contributed by atoms with Crippen LogP contribution in [0.2, 0.25) is 12.6 Å². The summed E-state index contributed by atoms with van der Waals surface area (Å²) in [7, 11) is -0.128. The van der Waals surface area contributed by atoms with E-state index in [1.54, 1.807) is 0 Å². The highest BCUT2D eigenvalue weighted by Gasteiger charge is 1.94. The van der Waals surface area contributed by atoms with E-state index in [1.165, 1.54) is 18.9 Å². The van der Waals surface area contributed by atoms with Crippen molar-refractivity contribution in [1.82, 2.24) is 0 Å². The highest BCUT2D eigenvalue weighted by Crippen LogP contribution is 2.00. The Balaban J connectivity index is 2.98. The third-order valence-electron chi connectivity index (χ3n) is 1.27. The first-order valence-corrected chi connectivity index (χ1v) is 5.54. The second-order valence-corrected chi connectivity index (χ2v) is 4.75. The van der Waals surface area contributed by atoms with Gasteiger partial charge >= 0.3 is 0 Å². The maximum atomic E-state index is 3.76. The summed E-state index contributed by atoms with van der Waals surface area (Å²) in [5.41, 5.74) is 2.13. The molecule has 0 aromatic carbocycles. The van der Waals surface area contributed by atoms with Crippen molar-refractivity contribution in [2.45, 2.75) is 32.4 Å². The highest BCUT2D eigenvalue weighted by molar-refractivity contribution is 6.62. The molecule has 0 spiro atoms. The van der Waals surface area contributed by atoms with Gasteiger partial charge in [0.25, 0.3) is 0 Å². The fourth-order valence-corrected chi connectivity index (χ4v) is 1.67. The van der Waals surface area contributed by atoms with Crippen molar-refractivity contribution in [3.05, 3.63) is 12.3 Å². The summed E-state index contributed by atoms with van der Waals surface area (Å²) in [5.74, 6) is 0. The first-order chi connectivity index (χ1) is 3.81. The monoisotopic (exact) mass is 127 g/mol. The van der Waals surface area contributed by atoms with Crippen LogP contribution in [0.1, 0.15) is 19.8 Å². The predicted octanol–water partition coefficient (Wildman–Crippen LogP) is 2.64. The van der Waals surface area contributed by atoms with Gasteiger partial charge in [-0.25, -0.2) is 0 Å². The fourth-order valence-electron chi connectivity index (χ4n) is 0.558. The number of hydrogen-bond donors (Lipinski definition) is 0. The molecule has 0 aromatic rings. The van der Waals surface area contributed by atoms with Gasteiger partial charge in [0.05, 0.1) is 8.80 Å².